The summed E-state index contributed by atoms with van der Waals surface area (Å²) in [6.45, 7) is -0.127. The van der Waals surface area contributed by atoms with Gasteiger partial charge in [0.05, 0.1) is 36.6 Å². The molecule has 0 radical (unpaired) electrons. The van der Waals surface area contributed by atoms with E-state index >= 15 is 0 Å². The maximum Gasteiger partial charge on any atom is 0.203 e. The van der Waals surface area contributed by atoms with Crippen LogP contribution in [0.25, 0.3) is 11.0 Å². The summed E-state index contributed by atoms with van der Waals surface area (Å²) < 4.78 is 46.6. The number of rotatable bonds is 4. The van der Waals surface area contributed by atoms with Crippen molar-refractivity contribution in [1.29, 1.82) is 0 Å². The Hall–Kier alpha value is -3.27. The molecule has 4 nitrogen and oxygen atoms in total. The van der Waals surface area contributed by atoms with Crippen LogP contribution in [0, 0.1) is 29.8 Å². The third-order valence-electron chi connectivity index (χ3n) is 3.57. The first-order valence-corrected chi connectivity index (χ1v) is 7.21. The summed E-state index contributed by atoms with van der Waals surface area (Å²) in [6, 6.07) is 8.09. The maximum absolute atomic E-state index is 14.3. The molecule has 1 heterocycles. The predicted molar refractivity (Wildman–Crippen MR) is 88.2 cm³/mol. The van der Waals surface area contributed by atoms with E-state index in [1.54, 1.807) is 24.3 Å². The van der Waals surface area contributed by atoms with Crippen LogP contribution in [-0.4, -0.2) is 23.6 Å². The Kier molecular flexibility index (Phi) is 4.44. The number of ether oxygens (including phenoxy) is 1. The van der Waals surface area contributed by atoms with Crippen LogP contribution < -0.4 is 9.64 Å². The smallest absolute Gasteiger partial charge is 0.203 e. The first-order chi connectivity index (χ1) is 12.1. The van der Waals surface area contributed by atoms with Crippen molar-refractivity contribution in [3.63, 3.8) is 0 Å². The van der Waals surface area contributed by atoms with Crippen LogP contribution in [0.2, 0.25) is 0 Å². The first kappa shape index (κ1) is 16.6. The minimum atomic E-state index is -1.65. The van der Waals surface area contributed by atoms with E-state index < -0.39 is 23.2 Å². The zero-order chi connectivity index (χ0) is 18.0. The molecule has 0 fully saturated rings. The van der Waals surface area contributed by atoms with E-state index in [9.17, 15) is 13.2 Å². The average Bonchev–Trinajstić information content (AvgIpc) is 2.64. The van der Waals surface area contributed by atoms with Gasteiger partial charge in [0.25, 0.3) is 0 Å². The number of terminal acetylenes is 1. The second kappa shape index (κ2) is 6.69. The van der Waals surface area contributed by atoms with Crippen molar-refractivity contribution in [1.82, 2.24) is 9.97 Å². The number of hydrogen-bond acceptors (Lipinski definition) is 4. The monoisotopic (exact) mass is 343 g/mol. The summed E-state index contributed by atoms with van der Waals surface area (Å²) >= 11 is 0. The summed E-state index contributed by atoms with van der Waals surface area (Å²) in [7, 11) is 1.15. The number of methoxy groups -OCH3 is 1. The molecule has 1 aromatic heterocycles. The highest BCUT2D eigenvalue weighted by Gasteiger charge is 2.24. The lowest BCUT2D eigenvalue weighted by atomic mass is 10.2. The van der Waals surface area contributed by atoms with Gasteiger partial charge in [0.15, 0.2) is 23.2 Å². The highest BCUT2D eigenvalue weighted by molar-refractivity contribution is 5.76. The average molecular weight is 343 g/mol. The molecule has 0 spiro atoms. The van der Waals surface area contributed by atoms with E-state index in [-0.39, 0.29) is 18.1 Å². The first-order valence-electron chi connectivity index (χ1n) is 7.21. The van der Waals surface area contributed by atoms with Crippen LogP contribution in [0.3, 0.4) is 0 Å². The predicted octanol–water partition coefficient (Wildman–Crippen LogP) is 3.83. The lowest BCUT2D eigenvalue weighted by Gasteiger charge is -2.23. The molecule has 7 heteroatoms. The normalized spacial score (nSPS) is 10.5. The number of benzene rings is 2. The van der Waals surface area contributed by atoms with Crippen LogP contribution in [-0.2, 0) is 0 Å². The fourth-order valence-electron chi connectivity index (χ4n) is 2.37. The summed E-state index contributed by atoms with van der Waals surface area (Å²) in [4.78, 5) is 9.81. The van der Waals surface area contributed by atoms with E-state index in [0.29, 0.717) is 11.0 Å². The van der Waals surface area contributed by atoms with Gasteiger partial charge in [0, 0.05) is 6.07 Å². The van der Waals surface area contributed by atoms with Crippen LogP contribution in [0.4, 0.5) is 24.7 Å². The molecule has 25 heavy (non-hydrogen) atoms. The van der Waals surface area contributed by atoms with Crippen molar-refractivity contribution in [2.24, 2.45) is 0 Å². The Balaban J connectivity index is 2.19. The van der Waals surface area contributed by atoms with Gasteiger partial charge in [0.2, 0.25) is 5.82 Å². The number of nitrogens with zero attached hydrogens (tertiary/aromatic N) is 3. The molecule has 0 unspecified atom stereocenters. The quantitative estimate of drug-likeness (QED) is 0.533. The summed E-state index contributed by atoms with van der Waals surface area (Å²) in [5.74, 6) is -2.34. The van der Waals surface area contributed by atoms with Crippen molar-refractivity contribution in [3.05, 3.63) is 54.0 Å². The number of para-hydroxylation sites is 2. The number of halogens is 3. The molecule has 2 aromatic carbocycles. The van der Waals surface area contributed by atoms with Crippen molar-refractivity contribution in [2.45, 2.75) is 0 Å². The van der Waals surface area contributed by atoms with Crippen molar-refractivity contribution in [3.8, 4) is 18.1 Å². The minimum Gasteiger partial charge on any atom is -0.493 e. The van der Waals surface area contributed by atoms with Gasteiger partial charge in [0.1, 0.15) is 0 Å². The molecular weight excluding hydrogens is 331 g/mol. The fraction of sp³-hybridized carbons (Fsp3) is 0.111. The number of hydrogen-bond donors (Lipinski definition) is 0. The Morgan fingerprint density at radius 2 is 1.84 bits per heavy atom. The Bertz CT molecular complexity index is 985. The van der Waals surface area contributed by atoms with Gasteiger partial charge in [-0.25, -0.2) is 13.8 Å². The molecular formula is C18H12F3N3O. The number of aromatic nitrogens is 2. The molecule has 0 amide bonds. The molecule has 0 saturated heterocycles. The maximum atomic E-state index is 14.3. The topological polar surface area (TPSA) is 38.2 Å². The van der Waals surface area contributed by atoms with E-state index in [0.717, 1.165) is 13.2 Å². The van der Waals surface area contributed by atoms with Crippen LogP contribution >= 0.6 is 0 Å². The van der Waals surface area contributed by atoms with Gasteiger partial charge in [-0.1, -0.05) is 18.1 Å². The van der Waals surface area contributed by atoms with E-state index in [4.69, 9.17) is 11.2 Å². The van der Waals surface area contributed by atoms with Crippen LogP contribution in [0.1, 0.15) is 0 Å². The molecule has 0 aliphatic heterocycles. The largest absolute Gasteiger partial charge is 0.493 e. The molecule has 0 bridgehead atoms. The number of anilines is 2. The van der Waals surface area contributed by atoms with Gasteiger partial charge < -0.3 is 9.64 Å². The molecule has 0 aliphatic rings. The second-order valence-corrected chi connectivity index (χ2v) is 5.05. The zero-order valence-corrected chi connectivity index (χ0v) is 13.1. The molecule has 0 aliphatic carbocycles. The van der Waals surface area contributed by atoms with Crippen LogP contribution in [0.15, 0.2) is 36.5 Å². The van der Waals surface area contributed by atoms with Crippen molar-refractivity contribution in [2.75, 3.05) is 18.6 Å². The summed E-state index contributed by atoms with van der Waals surface area (Å²) in [5.41, 5.74) is 0.894. The van der Waals surface area contributed by atoms with E-state index in [1.807, 2.05) is 0 Å². The molecule has 0 saturated carbocycles. The lowest BCUT2D eigenvalue weighted by Crippen LogP contribution is -2.21. The van der Waals surface area contributed by atoms with E-state index in [2.05, 4.69) is 15.9 Å². The van der Waals surface area contributed by atoms with E-state index in [1.165, 1.54) is 11.1 Å². The van der Waals surface area contributed by atoms with Gasteiger partial charge in [-0.2, -0.15) is 4.39 Å². The molecule has 0 N–H and O–H groups in total. The zero-order valence-electron chi connectivity index (χ0n) is 13.1. The van der Waals surface area contributed by atoms with Gasteiger partial charge in [-0.3, -0.25) is 4.98 Å². The highest BCUT2D eigenvalue weighted by Crippen LogP contribution is 2.34. The Labute approximate surface area is 141 Å². The highest BCUT2D eigenvalue weighted by atomic mass is 19.2. The summed E-state index contributed by atoms with van der Waals surface area (Å²) in [5, 5.41) is 0. The minimum absolute atomic E-state index is 0.127. The van der Waals surface area contributed by atoms with Crippen molar-refractivity contribution < 1.29 is 17.9 Å². The third-order valence-corrected chi connectivity index (χ3v) is 3.57. The summed E-state index contributed by atoms with van der Waals surface area (Å²) in [6.07, 6.45) is 6.73. The molecule has 3 rings (SSSR count). The van der Waals surface area contributed by atoms with Gasteiger partial charge >= 0.3 is 0 Å². The fourth-order valence-corrected chi connectivity index (χ4v) is 2.37. The molecule has 0 atom stereocenters. The Morgan fingerprint density at radius 1 is 1.12 bits per heavy atom. The standard InChI is InChI=1S/C18H12F3N3O/c1-3-8-24(13-9-14(25-2)17(20)18(21)16(13)19)15-10-22-11-6-4-5-7-12(11)23-15/h1,4-7,9-10H,8H2,2H3. The number of fused-ring (bicyclic) bond motifs is 1. The third kappa shape index (κ3) is 2.94. The molecule has 3 aromatic rings. The van der Waals surface area contributed by atoms with Crippen LogP contribution in [0.5, 0.6) is 5.75 Å². The second-order valence-electron chi connectivity index (χ2n) is 5.05. The van der Waals surface area contributed by atoms with Gasteiger partial charge in [-0.05, 0) is 12.1 Å². The SMILES string of the molecule is C#CCN(c1cnc2ccccc2n1)c1cc(OC)c(F)c(F)c1F. The molecule has 126 valence electrons. The van der Waals surface area contributed by atoms with Gasteiger partial charge in [-0.15, -0.1) is 6.42 Å². The Morgan fingerprint density at radius 3 is 2.52 bits per heavy atom. The lowest BCUT2D eigenvalue weighted by molar-refractivity contribution is 0.361. The van der Waals surface area contributed by atoms with Crippen molar-refractivity contribution >= 4 is 22.5 Å².